The van der Waals surface area contributed by atoms with Crippen LogP contribution in [-0.4, -0.2) is 31.1 Å². The van der Waals surface area contributed by atoms with Gasteiger partial charge in [0.15, 0.2) is 0 Å². The van der Waals surface area contributed by atoms with E-state index in [9.17, 15) is 0 Å². The van der Waals surface area contributed by atoms with E-state index in [1.54, 1.807) is 4.68 Å². The van der Waals surface area contributed by atoms with E-state index in [0.717, 1.165) is 12.1 Å². The van der Waals surface area contributed by atoms with Gasteiger partial charge in [-0.05, 0) is 29.0 Å². The quantitative estimate of drug-likeness (QED) is 0.875. The van der Waals surface area contributed by atoms with E-state index in [0.29, 0.717) is 12.5 Å². The van der Waals surface area contributed by atoms with Gasteiger partial charge in [0, 0.05) is 12.5 Å². The summed E-state index contributed by atoms with van der Waals surface area (Å²) in [6.07, 6.45) is 0.802. The van der Waals surface area contributed by atoms with E-state index in [1.165, 1.54) is 0 Å². The number of tetrazole rings is 1. The second kappa shape index (κ2) is 4.40. The Morgan fingerprint density at radius 3 is 2.72 bits per heavy atom. The van der Waals surface area contributed by atoms with Gasteiger partial charge >= 0.3 is 0 Å². The van der Waals surface area contributed by atoms with Crippen molar-refractivity contribution in [1.82, 2.24) is 20.2 Å². The summed E-state index contributed by atoms with van der Waals surface area (Å²) in [5.41, 5.74) is 0.906. The van der Waals surface area contributed by atoms with Crippen LogP contribution in [-0.2, 0) is 0 Å². The Labute approximate surface area is 114 Å². The Bertz CT molecular complexity index is 539. The Hall–Kier alpha value is -1.33. The number of halogens is 2. The Balaban J connectivity index is 1.72. The van der Waals surface area contributed by atoms with Gasteiger partial charge in [-0.25, -0.2) is 0 Å². The van der Waals surface area contributed by atoms with Crippen LogP contribution in [0, 0.1) is 5.92 Å². The van der Waals surface area contributed by atoms with E-state index >= 15 is 0 Å². The van der Waals surface area contributed by atoms with Crippen LogP contribution in [0.5, 0.6) is 0 Å². The molecule has 1 aromatic heterocycles. The highest BCUT2D eigenvalue weighted by Gasteiger charge is 2.51. The minimum atomic E-state index is -0.585. The summed E-state index contributed by atoms with van der Waals surface area (Å²) in [7, 11) is 0. The average molecular weight is 284 g/mol. The fourth-order valence-corrected chi connectivity index (χ4v) is 2.27. The third-order valence-corrected chi connectivity index (χ3v) is 3.86. The summed E-state index contributed by atoms with van der Waals surface area (Å²) in [6.45, 7) is 0.667. The zero-order valence-corrected chi connectivity index (χ0v) is 10.9. The fraction of sp³-hybridized carbons (Fsp3) is 0.364. The van der Waals surface area contributed by atoms with Crippen LogP contribution < -0.4 is 5.32 Å². The molecule has 0 amide bonds. The van der Waals surface area contributed by atoms with Gasteiger partial charge < -0.3 is 5.32 Å². The molecule has 0 aliphatic heterocycles. The summed E-state index contributed by atoms with van der Waals surface area (Å²) >= 11 is 11.9. The van der Waals surface area contributed by atoms with Crippen LogP contribution in [0.3, 0.4) is 0 Å². The van der Waals surface area contributed by atoms with Gasteiger partial charge in [0.05, 0.1) is 5.69 Å². The van der Waals surface area contributed by atoms with Crippen LogP contribution in [0.15, 0.2) is 30.3 Å². The minimum Gasteiger partial charge on any atom is -0.352 e. The first-order valence-electron chi connectivity index (χ1n) is 5.62. The number of alkyl halides is 2. The molecule has 1 saturated carbocycles. The Morgan fingerprint density at radius 1 is 1.33 bits per heavy atom. The third-order valence-electron chi connectivity index (χ3n) is 2.93. The highest BCUT2D eigenvalue weighted by Crippen LogP contribution is 2.52. The molecule has 18 heavy (non-hydrogen) atoms. The van der Waals surface area contributed by atoms with Crippen LogP contribution in [0.25, 0.3) is 5.69 Å². The monoisotopic (exact) mass is 283 g/mol. The number of nitrogens with zero attached hydrogens (tertiary/aromatic N) is 4. The van der Waals surface area contributed by atoms with Crippen molar-refractivity contribution < 1.29 is 0 Å². The maximum atomic E-state index is 5.97. The number of anilines is 1. The molecule has 7 heteroatoms. The smallest absolute Gasteiger partial charge is 0.247 e. The normalized spacial score (nSPS) is 20.7. The molecule has 0 bridgehead atoms. The second-order valence-corrected chi connectivity index (χ2v) is 5.84. The summed E-state index contributed by atoms with van der Waals surface area (Å²) in [5.74, 6) is 0.846. The van der Waals surface area contributed by atoms with Crippen molar-refractivity contribution in [1.29, 1.82) is 0 Å². The fourth-order valence-electron chi connectivity index (χ4n) is 1.75. The second-order valence-electron chi connectivity index (χ2n) is 4.29. The van der Waals surface area contributed by atoms with Gasteiger partial charge in [0.1, 0.15) is 4.33 Å². The molecule has 1 aromatic carbocycles. The number of hydrogen-bond acceptors (Lipinski definition) is 4. The summed E-state index contributed by atoms with van der Waals surface area (Å²) < 4.78 is 1.06. The maximum absolute atomic E-state index is 5.97. The first kappa shape index (κ1) is 11.7. The lowest BCUT2D eigenvalue weighted by Gasteiger charge is -2.06. The molecule has 0 saturated heterocycles. The zero-order valence-electron chi connectivity index (χ0n) is 9.42. The van der Waals surface area contributed by atoms with Gasteiger partial charge in [-0.1, -0.05) is 23.3 Å². The lowest BCUT2D eigenvalue weighted by Crippen LogP contribution is -2.12. The first-order chi connectivity index (χ1) is 8.67. The number of para-hydroxylation sites is 1. The van der Waals surface area contributed by atoms with E-state index in [4.69, 9.17) is 23.2 Å². The molecule has 3 rings (SSSR count). The van der Waals surface area contributed by atoms with E-state index < -0.39 is 4.33 Å². The first-order valence-corrected chi connectivity index (χ1v) is 6.38. The molecule has 5 nitrogen and oxygen atoms in total. The van der Waals surface area contributed by atoms with Crippen LogP contribution in [0.1, 0.15) is 6.42 Å². The molecule has 2 aromatic rings. The van der Waals surface area contributed by atoms with E-state index in [2.05, 4.69) is 20.8 Å². The predicted octanol–water partition coefficient (Wildman–Crippen LogP) is 2.27. The topological polar surface area (TPSA) is 55.6 Å². The number of hydrogen-bond donors (Lipinski definition) is 1. The lowest BCUT2D eigenvalue weighted by atomic mass is 10.3. The molecule has 1 aliphatic carbocycles. The van der Waals surface area contributed by atoms with Crippen molar-refractivity contribution in [2.24, 2.45) is 5.92 Å². The van der Waals surface area contributed by atoms with Crippen molar-refractivity contribution in [2.45, 2.75) is 10.8 Å². The Kier molecular flexibility index (Phi) is 2.87. The van der Waals surface area contributed by atoms with Gasteiger partial charge in [0.2, 0.25) is 5.95 Å². The van der Waals surface area contributed by atoms with Crippen molar-refractivity contribution in [3.8, 4) is 5.69 Å². The largest absolute Gasteiger partial charge is 0.352 e. The third kappa shape index (κ3) is 2.28. The number of benzene rings is 1. The van der Waals surface area contributed by atoms with Crippen molar-refractivity contribution in [3.63, 3.8) is 0 Å². The van der Waals surface area contributed by atoms with Crippen LogP contribution in [0.4, 0.5) is 5.95 Å². The van der Waals surface area contributed by atoms with Crippen molar-refractivity contribution in [3.05, 3.63) is 30.3 Å². The molecule has 1 atom stereocenters. The van der Waals surface area contributed by atoms with E-state index in [1.807, 2.05) is 30.3 Å². The predicted molar refractivity (Wildman–Crippen MR) is 70.2 cm³/mol. The average Bonchev–Trinajstić information content (AvgIpc) is 2.78. The number of nitrogens with one attached hydrogen (secondary N) is 1. The zero-order chi connectivity index (χ0) is 12.6. The van der Waals surface area contributed by atoms with Gasteiger partial charge in [0.25, 0.3) is 0 Å². The Morgan fingerprint density at radius 2 is 2.06 bits per heavy atom. The maximum Gasteiger partial charge on any atom is 0.247 e. The number of rotatable bonds is 4. The SMILES string of the molecule is ClC1(Cl)CC1CNc1nnnn1-c1ccccc1. The molecular weight excluding hydrogens is 273 g/mol. The number of aromatic nitrogens is 4. The highest BCUT2D eigenvalue weighted by molar-refractivity contribution is 6.50. The molecule has 0 spiro atoms. The summed E-state index contributed by atoms with van der Waals surface area (Å²) in [4.78, 5) is 0. The van der Waals surface area contributed by atoms with Crippen molar-refractivity contribution in [2.75, 3.05) is 11.9 Å². The van der Waals surface area contributed by atoms with Crippen molar-refractivity contribution >= 4 is 29.2 Å². The molecule has 1 aliphatic rings. The molecule has 94 valence electrons. The summed E-state index contributed by atoms with van der Waals surface area (Å²) in [5, 5.41) is 14.7. The molecular formula is C11H11Cl2N5. The van der Waals surface area contributed by atoms with Crippen LogP contribution in [0.2, 0.25) is 0 Å². The highest BCUT2D eigenvalue weighted by atomic mass is 35.5. The molecule has 0 radical (unpaired) electrons. The molecule has 1 N–H and O–H groups in total. The molecule has 1 fully saturated rings. The van der Waals surface area contributed by atoms with Gasteiger partial charge in [-0.2, -0.15) is 4.68 Å². The summed E-state index contributed by atoms with van der Waals surface area (Å²) in [6, 6.07) is 9.69. The molecule has 1 unspecified atom stereocenters. The van der Waals surface area contributed by atoms with Gasteiger partial charge in [-0.3, -0.25) is 0 Å². The lowest BCUT2D eigenvalue weighted by molar-refractivity contribution is 0.784. The van der Waals surface area contributed by atoms with Crippen LogP contribution >= 0.6 is 23.2 Å². The van der Waals surface area contributed by atoms with Gasteiger partial charge in [-0.15, -0.1) is 23.2 Å². The molecule has 1 heterocycles. The van der Waals surface area contributed by atoms with E-state index in [-0.39, 0.29) is 5.92 Å². The minimum absolute atomic E-state index is 0.252. The standard InChI is InChI=1S/C11H11Cl2N5/c12-11(13)6-8(11)7-14-10-15-16-17-18(10)9-4-2-1-3-5-9/h1-5,8H,6-7H2,(H,14,15,17).